The highest BCUT2D eigenvalue weighted by Gasteiger charge is 2.17. The molecule has 0 aliphatic carbocycles. The number of urea groups is 1. The molecule has 23 heavy (non-hydrogen) atoms. The second kappa shape index (κ2) is 6.99. The van der Waals surface area contributed by atoms with Crippen molar-refractivity contribution in [2.24, 2.45) is 11.7 Å². The van der Waals surface area contributed by atoms with E-state index in [2.05, 4.69) is 0 Å². The number of amides is 2. The van der Waals surface area contributed by atoms with Crippen molar-refractivity contribution in [3.63, 3.8) is 0 Å². The van der Waals surface area contributed by atoms with Gasteiger partial charge in [-0.25, -0.2) is 21.5 Å². The van der Waals surface area contributed by atoms with Crippen LogP contribution in [0.25, 0.3) is 0 Å². The quantitative estimate of drug-likeness (QED) is 0.454. The molecule has 0 unspecified atom stereocenters. The van der Waals surface area contributed by atoms with Crippen molar-refractivity contribution in [2.45, 2.75) is 13.5 Å². The van der Waals surface area contributed by atoms with Crippen LogP contribution in [0.4, 0.5) is 10.5 Å². The summed E-state index contributed by atoms with van der Waals surface area (Å²) in [5.74, 6) is 12.1. The lowest BCUT2D eigenvalue weighted by Gasteiger charge is -2.23. The molecule has 0 bridgehead atoms. The van der Waals surface area contributed by atoms with Crippen LogP contribution in [-0.4, -0.2) is 23.2 Å². The maximum atomic E-state index is 11.9. The number of benzene rings is 2. The Morgan fingerprint density at radius 3 is 2.57 bits per heavy atom. The van der Waals surface area contributed by atoms with Gasteiger partial charge < -0.3 is 9.84 Å². The Morgan fingerprint density at radius 1 is 1.22 bits per heavy atom. The highest BCUT2D eigenvalue weighted by molar-refractivity contribution is 5.91. The molecule has 2 amide bonds. The van der Waals surface area contributed by atoms with Crippen molar-refractivity contribution in [1.29, 1.82) is 0 Å². The molecule has 122 valence electrons. The molecule has 7 heteroatoms. The van der Waals surface area contributed by atoms with Crippen LogP contribution in [0.2, 0.25) is 0 Å². The fourth-order valence-corrected chi connectivity index (χ4v) is 2.09. The SMILES string of the molecule is Cc1cc(O)ccc1OCc1ccccc1N(N)C(=O)N(C)N. The van der Waals surface area contributed by atoms with Gasteiger partial charge in [-0.1, -0.05) is 18.2 Å². The van der Waals surface area contributed by atoms with Crippen molar-refractivity contribution < 1.29 is 14.6 Å². The summed E-state index contributed by atoms with van der Waals surface area (Å²) in [4.78, 5) is 11.9. The van der Waals surface area contributed by atoms with Crippen molar-refractivity contribution in [3.8, 4) is 11.5 Å². The van der Waals surface area contributed by atoms with Gasteiger partial charge in [0.1, 0.15) is 18.1 Å². The Labute approximate surface area is 134 Å². The van der Waals surface area contributed by atoms with Crippen molar-refractivity contribution in [1.82, 2.24) is 5.01 Å². The number of hydrogen-bond donors (Lipinski definition) is 3. The molecule has 0 heterocycles. The molecule has 0 saturated carbocycles. The first-order valence-electron chi connectivity index (χ1n) is 6.97. The number of ether oxygens (including phenoxy) is 1. The molecule has 2 aromatic rings. The topological polar surface area (TPSA) is 105 Å². The normalized spacial score (nSPS) is 10.3. The zero-order valence-corrected chi connectivity index (χ0v) is 13.1. The monoisotopic (exact) mass is 316 g/mol. The Balaban J connectivity index is 2.19. The summed E-state index contributed by atoms with van der Waals surface area (Å²) in [6, 6.07) is 11.4. The average Bonchev–Trinajstić information content (AvgIpc) is 2.53. The number of nitrogens with zero attached hydrogens (tertiary/aromatic N) is 2. The molecule has 0 spiro atoms. The molecule has 0 aromatic heterocycles. The minimum Gasteiger partial charge on any atom is -0.508 e. The maximum Gasteiger partial charge on any atom is 0.352 e. The first-order valence-corrected chi connectivity index (χ1v) is 6.97. The molecule has 0 radical (unpaired) electrons. The number of aromatic hydroxyl groups is 1. The third-order valence-electron chi connectivity index (χ3n) is 3.30. The van der Waals surface area contributed by atoms with Crippen LogP contribution in [0.1, 0.15) is 11.1 Å². The molecule has 0 aliphatic rings. The molecule has 0 atom stereocenters. The summed E-state index contributed by atoms with van der Waals surface area (Å²) in [6.07, 6.45) is 0. The van der Waals surface area contributed by atoms with E-state index in [4.69, 9.17) is 16.4 Å². The highest BCUT2D eigenvalue weighted by atomic mass is 16.5. The van der Waals surface area contributed by atoms with Gasteiger partial charge in [0.25, 0.3) is 0 Å². The van der Waals surface area contributed by atoms with E-state index in [1.54, 1.807) is 30.3 Å². The van der Waals surface area contributed by atoms with Gasteiger partial charge in [-0.15, -0.1) is 0 Å². The summed E-state index contributed by atoms with van der Waals surface area (Å²) in [6.45, 7) is 2.06. The van der Waals surface area contributed by atoms with Crippen LogP contribution in [0.5, 0.6) is 11.5 Å². The summed E-state index contributed by atoms with van der Waals surface area (Å²) in [5.41, 5.74) is 2.05. The van der Waals surface area contributed by atoms with Crippen molar-refractivity contribution in [2.75, 3.05) is 12.1 Å². The first-order chi connectivity index (χ1) is 10.9. The second-order valence-electron chi connectivity index (χ2n) is 5.13. The summed E-state index contributed by atoms with van der Waals surface area (Å²) < 4.78 is 5.76. The molecule has 7 nitrogen and oxygen atoms in total. The van der Waals surface area contributed by atoms with Crippen molar-refractivity contribution in [3.05, 3.63) is 53.6 Å². The van der Waals surface area contributed by atoms with Crippen LogP contribution in [0.15, 0.2) is 42.5 Å². The molecule has 2 rings (SSSR count). The number of hydrazine groups is 2. The summed E-state index contributed by atoms with van der Waals surface area (Å²) in [5, 5.41) is 11.3. The largest absolute Gasteiger partial charge is 0.508 e. The number of phenols is 1. The van der Waals surface area contributed by atoms with E-state index in [0.29, 0.717) is 11.4 Å². The number of carbonyl (C=O) groups is 1. The van der Waals surface area contributed by atoms with Crippen LogP contribution in [0.3, 0.4) is 0 Å². The average molecular weight is 316 g/mol. The molecular weight excluding hydrogens is 296 g/mol. The van der Waals surface area contributed by atoms with Crippen LogP contribution >= 0.6 is 0 Å². The lowest BCUT2D eigenvalue weighted by molar-refractivity contribution is 0.216. The van der Waals surface area contributed by atoms with Gasteiger partial charge in [0.2, 0.25) is 0 Å². The number of phenolic OH excluding ortho intramolecular Hbond substituents is 1. The Kier molecular flexibility index (Phi) is 5.05. The zero-order chi connectivity index (χ0) is 17.0. The first kappa shape index (κ1) is 16.6. The van der Waals surface area contributed by atoms with Crippen LogP contribution in [0, 0.1) is 6.92 Å². The Hall–Kier alpha value is -2.77. The van der Waals surface area contributed by atoms with Crippen LogP contribution in [-0.2, 0) is 6.61 Å². The van der Waals surface area contributed by atoms with Gasteiger partial charge in [-0.05, 0) is 36.8 Å². The van der Waals surface area contributed by atoms with E-state index in [9.17, 15) is 9.90 Å². The van der Waals surface area contributed by atoms with Gasteiger partial charge in [-0.3, -0.25) is 5.01 Å². The molecule has 0 saturated heterocycles. The van der Waals surface area contributed by atoms with E-state index >= 15 is 0 Å². The summed E-state index contributed by atoms with van der Waals surface area (Å²) in [7, 11) is 1.42. The third-order valence-corrected chi connectivity index (χ3v) is 3.30. The van der Waals surface area contributed by atoms with E-state index in [0.717, 1.165) is 21.1 Å². The van der Waals surface area contributed by atoms with E-state index in [1.807, 2.05) is 19.1 Å². The minimum absolute atomic E-state index is 0.181. The van der Waals surface area contributed by atoms with Gasteiger partial charge in [-0.2, -0.15) is 0 Å². The highest BCUT2D eigenvalue weighted by Crippen LogP contribution is 2.25. The maximum absolute atomic E-state index is 11.9. The minimum atomic E-state index is -0.543. The standard InChI is InChI=1S/C16H20N4O3/c1-11-9-13(21)7-8-15(11)23-10-12-5-3-4-6-14(12)20(18)16(22)19(2)17/h3-9,21H,10,17-18H2,1-2H3. The number of para-hydroxylation sites is 1. The van der Waals surface area contributed by atoms with Crippen molar-refractivity contribution >= 4 is 11.7 Å². The van der Waals surface area contributed by atoms with E-state index < -0.39 is 6.03 Å². The number of hydrogen-bond acceptors (Lipinski definition) is 5. The zero-order valence-electron chi connectivity index (χ0n) is 13.1. The fourth-order valence-electron chi connectivity index (χ4n) is 2.09. The number of anilines is 1. The number of carbonyl (C=O) groups excluding carboxylic acids is 1. The number of rotatable bonds is 4. The third kappa shape index (κ3) is 3.91. The van der Waals surface area contributed by atoms with E-state index in [-0.39, 0.29) is 12.4 Å². The Bertz CT molecular complexity index is 703. The molecule has 0 fully saturated rings. The molecule has 0 aliphatic heterocycles. The predicted molar refractivity (Wildman–Crippen MR) is 87.6 cm³/mol. The second-order valence-corrected chi connectivity index (χ2v) is 5.13. The lowest BCUT2D eigenvalue weighted by Crippen LogP contribution is -2.49. The predicted octanol–water partition coefficient (Wildman–Crippen LogP) is 1.89. The van der Waals surface area contributed by atoms with E-state index in [1.165, 1.54) is 7.05 Å². The molecule has 2 aromatic carbocycles. The number of nitrogens with two attached hydrogens (primary N) is 2. The van der Waals surface area contributed by atoms with Gasteiger partial charge in [0, 0.05) is 12.6 Å². The molecular formula is C16H20N4O3. The smallest absolute Gasteiger partial charge is 0.352 e. The Morgan fingerprint density at radius 2 is 1.91 bits per heavy atom. The van der Waals surface area contributed by atoms with Gasteiger partial charge in [0.05, 0.1) is 5.69 Å². The summed E-state index contributed by atoms with van der Waals surface area (Å²) >= 11 is 0. The lowest BCUT2D eigenvalue weighted by atomic mass is 10.1. The molecule has 5 N–H and O–H groups in total. The van der Waals surface area contributed by atoms with Gasteiger partial charge >= 0.3 is 6.03 Å². The van der Waals surface area contributed by atoms with Crippen LogP contribution < -0.4 is 21.4 Å². The van der Waals surface area contributed by atoms with Gasteiger partial charge in [0.15, 0.2) is 0 Å². The number of aryl methyl sites for hydroxylation is 1. The fraction of sp³-hybridized carbons (Fsp3) is 0.188.